The van der Waals surface area contributed by atoms with Crippen molar-refractivity contribution >= 4 is 0 Å². The SMILES string of the molecule is [2H]c1nc(=N)[nH]c(=O)n1[C@@H]1O[C@H](C([2H])([2H])O)[C@H](O)C1O.[2H]c1nc(=N)[nH]c(=O)n1[C@@H]1O[C@H](CO)[C@H](O)C1([2H])O.[2H]c1nc(=N)[nH]c(=O)n1[C@@H]1O[C@H](CO)[C@]([2H])(O)C1O.[2H]c1nc(=N)[nH]c(=O)n1[C@@H]1O[C@]([2H])(CO)[C@H](O)C1O.[2H]c1nc(=N)[nH]c(=O)n1[C@]1([2H])O[C@H](CO)[C@H](O)C1O. The fourth-order valence-electron chi connectivity index (χ4n) is 7.41. The number of hydrogen-bond donors (Lipinski definition) is 25. The quantitative estimate of drug-likeness (QED) is 0.0617. The summed E-state index contributed by atoms with van der Waals surface area (Å²) in [7, 11) is 0. The molecule has 5 aliphatic rings. The molecule has 85 heavy (non-hydrogen) atoms. The van der Waals surface area contributed by atoms with Gasteiger partial charge in [-0.1, -0.05) is 0 Å². The first-order valence-electron chi connectivity index (χ1n) is 28.9. The van der Waals surface area contributed by atoms with Crippen molar-refractivity contribution in [2.75, 3.05) is 33.0 Å². The Kier molecular flexibility index (Phi) is 17.6. The summed E-state index contributed by atoms with van der Waals surface area (Å²) in [5, 5.41) is 178. The van der Waals surface area contributed by atoms with E-state index in [9.17, 15) is 80.1 Å². The average Bonchev–Trinajstić information content (AvgIpc) is 1.59. The van der Waals surface area contributed by atoms with Crippen LogP contribution in [-0.2, 0) is 23.7 Å². The Bertz CT molecular complexity index is 4190. The number of aromatic nitrogens is 15. The summed E-state index contributed by atoms with van der Waals surface area (Å²) in [6.45, 7) is -5.95. The highest BCUT2D eigenvalue weighted by Gasteiger charge is 2.48. The van der Waals surface area contributed by atoms with E-state index in [2.05, 4.69) is 24.9 Å². The number of H-pyrrole nitrogens is 5. The molecule has 5 aliphatic heterocycles. The van der Waals surface area contributed by atoms with Crippen molar-refractivity contribution in [2.45, 2.75) is 123 Å². The van der Waals surface area contributed by atoms with E-state index in [0.717, 1.165) is 0 Å². The monoisotopic (exact) mass is 1230 g/mol. The Morgan fingerprint density at radius 2 is 0.729 bits per heavy atom. The zero-order valence-corrected chi connectivity index (χ0v) is 42.3. The third-order valence-electron chi connectivity index (χ3n) is 11.7. The molecule has 0 bridgehead atoms. The van der Waals surface area contributed by atoms with E-state index >= 15 is 0 Å². The lowest BCUT2D eigenvalue weighted by Gasteiger charge is -2.16. The molecule has 10 rings (SSSR count). The summed E-state index contributed by atoms with van der Waals surface area (Å²) in [6, 6.07) is 0. The van der Waals surface area contributed by atoms with Crippen LogP contribution in [0.3, 0.4) is 0 Å². The minimum absolute atomic E-state index is 0.356. The van der Waals surface area contributed by atoms with Gasteiger partial charge in [0, 0.05) is 0 Å². The van der Waals surface area contributed by atoms with Crippen LogP contribution in [0, 0.1) is 27.0 Å². The molecule has 5 fully saturated rings. The predicted octanol–water partition coefficient (Wildman–Crippen LogP) is -16.7. The van der Waals surface area contributed by atoms with Gasteiger partial charge in [-0.25, -0.2) is 48.9 Å². The fourth-order valence-corrected chi connectivity index (χ4v) is 7.41. The number of hydrogen-bond acceptors (Lipinski definition) is 35. The first-order chi connectivity index (χ1) is 44.3. The molecule has 0 aliphatic carbocycles. The minimum atomic E-state index is -2.95. The van der Waals surface area contributed by atoms with Gasteiger partial charge in [-0.2, -0.15) is 0 Å². The van der Waals surface area contributed by atoms with Crippen molar-refractivity contribution in [1.82, 2.24) is 72.7 Å². The van der Waals surface area contributed by atoms with Crippen molar-refractivity contribution in [2.24, 2.45) is 0 Å². The second-order valence-corrected chi connectivity index (χ2v) is 17.2. The van der Waals surface area contributed by atoms with Crippen LogP contribution in [0.5, 0.6) is 0 Å². The molecular formula is C40H60N20O25. The van der Waals surface area contributed by atoms with E-state index in [-0.39, 0.29) is 0 Å². The summed E-state index contributed by atoms with van der Waals surface area (Å²) in [5.74, 6) is 0. The molecular weight excluding hydrogens is 1160 g/mol. The zero-order valence-electron chi connectivity index (χ0n) is 53.3. The van der Waals surface area contributed by atoms with Crippen LogP contribution in [0.1, 0.15) is 46.2 Å². The number of aromatic amines is 5. The van der Waals surface area contributed by atoms with Gasteiger partial charge >= 0.3 is 28.4 Å². The molecule has 0 aromatic carbocycles. The lowest BCUT2D eigenvalue weighted by Crippen LogP contribution is -2.38. The van der Waals surface area contributed by atoms with Crippen molar-refractivity contribution in [3.05, 3.63) is 112 Å². The summed E-state index contributed by atoms with van der Waals surface area (Å²) in [6.07, 6.45) is -39.7. The number of nitrogens with zero attached hydrogens (tertiary/aromatic N) is 10. The molecule has 20 atom stereocenters. The largest absolute Gasteiger partial charge is 0.394 e. The molecule has 45 heteroatoms. The molecule has 470 valence electrons. The smallest absolute Gasteiger partial charge is 0.331 e. The summed E-state index contributed by atoms with van der Waals surface area (Å²) in [5.41, 5.74) is -7.76. The van der Waals surface area contributed by atoms with Crippen molar-refractivity contribution < 1.29 is 115 Å². The van der Waals surface area contributed by atoms with Gasteiger partial charge in [0.2, 0.25) is 28.1 Å². The van der Waals surface area contributed by atoms with Crippen LogP contribution in [0.25, 0.3) is 0 Å². The highest BCUT2D eigenvalue weighted by Crippen LogP contribution is 2.31. The van der Waals surface area contributed by atoms with Crippen LogP contribution < -0.4 is 56.5 Å². The van der Waals surface area contributed by atoms with E-state index in [1.807, 2.05) is 24.9 Å². The number of rotatable bonds is 10. The molecule has 5 unspecified atom stereocenters. The van der Waals surface area contributed by atoms with E-state index < -0.39 is 244 Å². The van der Waals surface area contributed by atoms with Gasteiger partial charge in [0.1, 0.15) is 130 Å². The normalized spacial score (nSPS) is 38.4. The Labute approximate surface area is 482 Å². The average molecular weight is 1230 g/mol. The topological polar surface area (TPSA) is 722 Å². The molecule has 0 spiro atoms. The maximum absolute atomic E-state index is 11.7. The Balaban J connectivity index is 0.000000190. The van der Waals surface area contributed by atoms with Gasteiger partial charge in [0.15, 0.2) is 31.1 Å². The molecule has 45 nitrogen and oxygen atoms in total. The summed E-state index contributed by atoms with van der Waals surface area (Å²) >= 11 is 0. The first kappa shape index (κ1) is 51.7. The van der Waals surface area contributed by atoms with Crippen molar-refractivity contribution in [3.63, 3.8) is 0 Å². The van der Waals surface area contributed by atoms with Gasteiger partial charge in [-0.15, -0.1) is 0 Å². The van der Waals surface area contributed by atoms with Crippen LogP contribution in [0.4, 0.5) is 0 Å². The number of aliphatic hydroxyl groups is 15. The summed E-state index contributed by atoms with van der Waals surface area (Å²) < 4.78 is 109. The Hall–Kier alpha value is -7.75. The maximum Gasteiger partial charge on any atom is 0.331 e. The summed E-state index contributed by atoms with van der Waals surface area (Å²) in [4.78, 5) is 84.8. The minimum Gasteiger partial charge on any atom is -0.394 e. The Morgan fingerprint density at radius 3 is 1.06 bits per heavy atom. The molecule has 0 amide bonds. The van der Waals surface area contributed by atoms with Crippen molar-refractivity contribution in [3.8, 4) is 0 Å². The van der Waals surface area contributed by atoms with E-state index in [1.165, 1.54) is 0 Å². The molecule has 0 radical (unpaired) electrons. The zero-order chi connectivity index (χ0) is 72.7. The number of ether oxygens (including phenoxy) is 5. The highest BCUT2D eigenvalue weighted by molar-refractivity contribution is 4.94. The second kappa shape index (κ2) is 28.9. The molecule has 0 saturated carbocycles. The maximum atomic E-state index is 11.7. The third-order valence-corrected chi connectivity index (χ3v) is 11.7. The molecule has 25 N–H and O–H groups in total. The van der Waals surface area contributed by atoms with E-state index in [0.29, 0.717) is 22.8 Å². The van der Waals surface area contributed by atoms with Gasteiger partial charge in [-0.3, -0.25) is 74.8 Å². The number of aliphatic hydroxyl groups excluding tert-OH is 12. The van der Waals surface area contributed by atoms with Crippen LogP contribution >= 0.6 is 0 Å². The molecule has 5 saturated heterocycles. The van der Waals surface area contributed by atoms with Crippen LogP contribution in [-0.4, -0.2) is 274 Å². The van der Waals surface area contributed by atoms with Crippen LogP contribution in [0.2, 0.25) is 0 Å². The lowest BCUT2D eigenvalue weighted by atomic mass is 10.1. The predicted molar refractivity (Wildman–Crippen MR) is 259 cm³/mol. The number of nitrogens with one attached hydrogen (secondary N) is 10. The van der Waals surface area contributed by atoms with E-state index in [4.69, 9.17) is 86.2 Å². The van der Waals surface area contributed by atoms with Crippen molar-refractivity contribution in [1.29, 1.82) is 27.0 Å². The molecule has 10 heterocycles. The van der Waals surface area contributed by atoms with Gasteiger partial charge in [0.05, 0.1) is 41.2 Å². The van der Waals surface area contributed by atoms with E-state index in [1.54, 1.807) is 0 Å². The first-order valence-corrected chi connectivity index (χ1v) is 23.4. The fraction of sp³-hybridized carbons (Fsp3) is 0.625. The third kappa shape index (κ3) is 15.0. The van der Waals surface area contributed by atoms with Gasteiger partial charge < -0.3 is 100 Å². The standard InChI is InChI=1S/5C8H12N4O5/c5*9-7-10-2-12(8(16)11-7)6-5(15)4(14)3(1-13)17-6/h5*2-6,13-15H,1H2,(H2,9,11,16)/t5*3-,4+,5?,6-/m11111/s1/i2D,6D;2D,5D;2D,4D;2D,3D;1D2,2D. The highest BCUT2D eigenvalue weighted by atomic mass is 16.6. The molecule has 5 aromatic rings. The Morgan fingerprint density at radius 1 is 0.400 bits per heavy atom. The lowest BCUT2D eigenvalue weighted by molar-refractivity contribution is -0.0556. The van der Waals surface area contributed by atoms with Gasteiger partial charge in [-0.05, 0) is 0 Å². The second-order valence-electron chi connectivity index (χ2n) is 17.2. The molecule has 5 aromatic heterocycles. The van der Waals surface area contributed by atoms with Crippen LogP contribution in [0.15, 0.2) is 55.5 Å². The van der Waals surface area contributed by atoms with Gasteiger partial charge in [0.25, 0.3) is 0 Å².